The Morgan fingerprint density at radius 2 is 1.54 bits per heavy atom. The quantitative estimate of drug-likeness (QED) is 0.312. The van der Waals surface area contributed by atoms with E-state index in [0.717, 1.165) is 5.92 Å². The second-order valence-corrected chi connectivity index (χ2v) is 5.22. The predicted molar refractivity (Wildman–Crippen MR) is 70.7 cm³/mol. The average Bonchev–Trinajstić information content (AvgIpc) is 2.13. The van der Waals surface area contributed by atoms with Crippen LogP contribution >= 0.6 is 22.6 Å². The third-order valence-corrected chi connectivity index (χ3v) is 3.39. The van der Waals surface area contributed by atoms with Crippen molar-refractivity contribution in [3.63, 3.8) is 0 Å². The molecule has 0 amide bonds. The summed E-state index contributed by atoms with van der Waals surface area (Å²) in [6, 6.07) is 0. The fourth-order valence-corrected chi connectivity index (χ4v) is 2.19. The number of hydrogen-bond donors (Lipinski definition) is 0. The van der Waals surface area contributed by atoms with Crippen LogP contribution in [0.5, 0.6) is 0 Å². The molecule has 0 aliphatic heterocycles. The minimum atomic E-state index is 0.972. The Balaban J connectivity index is 3.05. The Labute approximate surface area is 98.0 Å². The fourth-order valence-electron chi connectivity index (χ4n) is 1.65. The number of halogens is 1. The van der Waals surface area contributed by atoms with Crippen molar-refractivity contribution in [1.82, 2.24) is 0 Å². The van der Waals surface area contributed by atoms with Crippen LogP contribution in [0.2, 0.25) is 0 Å². The van der Waals surface area contributed by atoms with E-state index in [1.54, 1.807) is 0 Å². The highest BCUT2D eigenvalue weighted by molar-refractivity contribution is 14.1. The second kappa shape index (κ2) is 10.8. The van der Waals surface area contributed by atoms with E-state index < -0.39 is 0 Å². The van der Waals surface area contributed by atoms with Gasteiger partial charge in [-0.2, -0.15) is 0 Å². The van der Waals surface area contributed by atoms with E-state index >= 15 is 0 Å². The summed E-state index contributed by atoms with van der Waals surface area (Å²) in [4.78, 5) is 0. The molecule has 80 valence electrons. The predicted octanol–water partition coefficient (Wildman–Crippen LogP) is 5.20. The zero-order valence-electron chi connectivity index (χ0n) is 9.32. The molecule has 0 fully saturated rings. The highest BCUT2D eigenvalue weighted by atomic mass is 127. The summed E-state index contributed by atoms with van der Waals surface area (Å²) in [5, 5.41) is 0. The molecule has 0 unspecified atom stereocenters. The van der Waals surface area contributed by atoms with Crippen molar-refractivity contribution in [3.8, 4) is 0 Å². The van der Waals surface area contributed by atoms with Crippen LogP contribution in [-0.4, -0.2) is 4.43 Å². The summed E-state index contributed by atoms with van der Waals surface area (Å²) in [6.07, 6.45) is 11.5. The first-order valence-corrected chi connectivity index (χ1v) is 7.39. The third-order valence-electron chi connectivity index (χ3n) is 2.63. The summed E-state index contributed by atoms with van der Waals surface area (Å²) < 4.78 is 1.33. The topological polar surface area (TPSA) is 0 Å². The first-order valence-electron chi connectivity index (χ1n) is 5.87. The van der Waals surface area contributed by atoms with Crippen molar-refractivity contribution in [1.29, 1.82) is 0 Å². The molecule has 0 spiro atoms. The van der Waals surface area contributed by atoms with Gasteiger partial charge in [0, 0.05) is 0 Å². The van der Waals surface area contributed by atoms with E-state index in [2.05, 4.69) is 36.4 Å². The van der Waals surface area contributed by atoms with Gasteiger partial charge in [-0.15, -0.1) is 0 Å². The van der Waals surface area contributed by atoms with Gasteiger partial charge in [0.1, 0.15) is 0 Å². The van der Waals surface area contributed by atoms with Gasteiger partial charge in [-0.25, -0.2) is 0 Å². The van der Waals surface area contributed by atoms with Crippen LogP contribution in [-0.2, 0) is 0 Å². The van der Waals surface area contributed by atoms with Crippen LogP contribution in [0.4, 0.5) is 0 Å². The molecule has 0 nitrogen and oxygen atoms in total. The molecule has 1 atom stereocenters. The molecule has 0 radical (unpaired) electrons. The smallest absolute Gasteiger partial charge is 0.000473 e. The van der Waals surface area contributed by atoms with E-state index in [0.29, 0.717) is 0 Å². The standard InChI is InChI=1S/C12H25I/c1-3-4-5-6-9-12(2)10-7-8-11-13/h12H,3-11H2,1-2H3/t12-/m0/s1. The maximum absolute atomic E-state index is 2.47. The molecular formula is C12H25I. The largest absolute Gasteiger partial charge is 0.0864 e. The van der Waals surface area contributed by atoms with Gasteiger partial charge in [0.05, 0.1) is 0 Å². The first-order chi connectivity index (χ1) is 6.31. The van der Waals surface area contributed by atoms with Crippen molar-refractivity contribution >= 4 is 22.6 Å². The SMILES string of the molecule is CCCCCC[C@H](C)CCCCI. The minimum absolute atomic E-state index is 0.972. The van der Waals surface area contributed by atoms with Crippen molar-refractivity contribution in [2.45, 2.75) is 65.2 Å². The summed E-state index contributed by atoms with van der Waals surface area (Å²) in [5.74, 6) is 0.972. The van der Waals surface area contributed by atoms with Gasteiger partial charge in [0.15, 0.2) is 0 Å². The number of rotatable bonds is 9. The van der Waals surface area contributed by atoms with Crippen molar-refractivity contribution in [2.75, 3.05) is 4.43 Å². The van der Waals surface area contributed by atoms with E-state index in [-0.39, 0.29) is 0 Å². The van der Waals surface area contributed by atoms with Gasteiger partial charge in [-0.1, -0.05) is 81.4 Å². The molecule has 0 N–H and O–H groups in total. The Kier molecular flexibility index (Phi) is 11.4. The molecule has 13 heavy (non-hydrogen) atoms. The molecule has 0 aromatic carbocycles. The lowest BCUT2D eigenvalue weighted by Crippen LogP contribution is -1.95. The molecule has 0 bridgehead atoms. The van der Waals surface area contributed by atoms with Gasteiger partial charge in [-0.05, 0) is 16.8 Å². The fraction of sp³-hybridized carbons (Fsp3) is 1.00. The third kappa shape index (κ3) is 10.7. The number of unbranched alkanes of at least 4 members (excludes halogenated alkanes) is 4. The Morgan fingerprint density at radius 1 is 0.923 bits per heavy atom. The van der Waals surface area contributed by atoms with Crippen molar-refractivity contribution in [3.05, 3.63) is 0 Å². The van der Waals surface area contributed by atoms with E-state index in [1.807, 2.05) is 0 Å². The normalized spacial score (nSPS) is 13.2. The lowest BCUT2D eigenvalue weighted by Gasteiger charge is -2.09. The van der Waals surface area contributed by atoms with Gasteiger partial charge in [0.2, 0.25) is 0 Å². The summed E-state index contributed by atoms with van der Waals surface area (Å²) in [7, 11) is 0. The maximum atomic E-state index is 2.47. The minimum Gasteiger partial charge on any atom is -0.0864 e. The van der Waals surface area contributed by atoms with Crippen LogP contribution in [0.1, 0.15) is 65.2 Å². The molecule has 0 aromatic rings. The second-order valence-electron chi connectivity index (χ2n) is 4.14. The highest BCUT2D eigenvalue weighted by Crippen LogP contribution is 2.16. The molecule has 0 aliphatic carbocycles. The Morgan fingerprint density at radius 3 is 2.08 bits per heavy atom. The monoisotopic (exact) mass is 296 g/mol. The molecule has 0 rings (SSSR count). The average molecular weight is 296 g/mol. The van der Waals surface area contributed by atoms with Crippen molar-refractivity contribution < 1.29 is 0 Å². The van der Waals surface area contributed by atoms with Crippen LogP contribution in [0.25, 0.3) is 0 Å². The summed E-state index contributed by atoms with van der Waals surface area (Å²) in [5.41, 5.74) is 0. The molecule has 0 aliphatic rings. The van der Waals surface area contributed by atoms with Gasteiger partial charge < -0.3 is 0 Å². The summed E-state index contributed by atoms with van der Waals surface area (Å²) in [6.45, 7) is 4.70. The van der Waals surface area contributed by atoms with Crippen LogP contribution < -0.4 is 0 Å². The lowest BCUT2D eigenvalue weighted by atomic mass is 9.97. The Bertz CT molecular complexity index is 91.1. The van der Waals surface area contributed by atoms with Crippen molar-refractivity contribution in [2.24, 2.45) is 5.92 Å². The number of hydrogen-bond acceptors (Lipinski definition) is 0. The van der Waals surface area contributed by atoms with Gasteiger partial charge in [0.25, 0.3) is 0 Å². The van der Waals surface area contributed by atoms with Crippen LogP contribution in [0.15, 0.2) is 0 Å². The van der Waals surface area contributed by atoms with E-state index in [1.165, 1.54) is 55.8 Å². The maximum Gasteiger partial charge on any atom is -0.000473 e. The summed E-state index contributed by atoms with van der Waals surface area (Å²) >= 11 is 2.47. The molecule has 0 heterocycles. The molecule has 0 saturated heterocycles. The van der Waals surface area contributed by atoms with Gasteiger partial charge in [-0.3, -0.25) is 0 Å². The highest BCUT2D eigenvalue weighted by Gasteiger charge is 2.00. The number of alkyl halides is 1. The molecular weight excluding hydrogens is 271 g/mol. The van der Waals surface area contributed by atoms with E-state index in [4.69, 9.17) is 0 Å². The molecule has 0 saturated carbocycles. The zero-order chi connectivity index (χ0) is 9.94. The Hall–Kier alpha value is 0.730. The van der Waals surface area contributed by atoms with Gasteiger partial charge >= 0.3 is 0 Å². The zero-order valence-corrected chi connectivity index (χ0v) is 11.5. The van der Waals surface area contributed by atoms with Crippen LogP contribution in [0.3, 0.4) is 0 Å². The van der Waals surface area contributed by atoms with Crippen LogP contribution in [0, 0.1) is 5.92 Å². The molecule has 0 aromatic heterocycles. The first kappa shape index (κ1) is 13.7. The van der Waals surface area contributed by atoms with E-state index in [9.17, 15) is 0 Å². The lowest BCUT2D eigenvalue weighted by molar-refractivity contribution is 0.446. The molecule has 1 heteroatoms.